The normalized spacial score (nSPS) is 20.1. The number of carbonyl (C=O) groups excluding carboxylic acids is 1. The maximum atomic E-state index is 12.2. The van der Waals surface area contributed by atoms with Gasteiger partial charge in [0.25, 0.3) is 5.91 Å². The first-order chi connectivity index (χ1) is 7.77. The first kappa shape index (κ1) is 11.4. The van der Waals surface area contributed by atoms with Crippen LogP contribution in [0.2, 0.25) is 0 Å². The summed E-state index contributed by atoms with van der Waals surface area (Å²) in [5.41, 5.74) is 0. The van der Waals surface area contributed by atoms with Gasteiger partial charge in [0.05, 0.1) is 19.8 Å². The van der Waals surface area contributed by atoms with Gasteiger partial charge >= 0.3 is 0 Å². The Kier molecular flexibility index (Phi) is 3.46. The predicted octanol–water partition coefficient (Wildman–Crippen LogP) is 1.35. The van der Waals surface area contributed by atoms with Gasteiger partial charge < -0.3 is 14.7 Å². The Balaban J connectivity index is 2.18. The van der Waals surface area contributed by atoms with Gasteiger partial charge in [-0.1, -0.05) is 0 Å². The lowest BCUT2D eigenvalue weighted by atomic mass is 10.2. The fourth-order valence-corrected chi connectivity index (χ4v) is 2.85. The fourth-order valence-electron chi connectivity index (χ4n) is 2.04. The van der Waals surface area contributed by atoms with Crippen LogP contribution in [0.25, 0.3) is 0 Å². The van der Waals surface area contributed by atoms with E-state index >= 15 is 0 Å². The van der Waals surface area contributed by atoms with Crippen LogP contribution in [0.5, 0.6) is 5.75 Å². The maximum Gasteiger partial charge on any atom is 0.268 e. The number of aliphatic hydroxyl groups excluding tert-OH is 1. The number of hydrogen-bond acceptors (Lipinski definition) is 4. The summed E-state index contributed by atoms with van der Waals surface area (Å²) in [4.78, 5) is 14.6. The van der Waals surface area contributed by atoms with Gasteiger partial charge in [-0.15, -0.1) is 11.3 Å². The van der Waals surface area contributed by atoms with Crippen molar-refractivity contribution in [3.8, 4) is 5.75 Å². The Labute approximate surface area is 98.4 Å². The van der Waals surface area contributed by atoms with Crippen LogP contribution in [-0.4, -0.2) is 42.2 Å². The van der Waals surface area contributed by atoms with Crippen LogP contribution in [-0.2, 0) is 0 Å². The molecule has 4 nitrogen and oxygen atoms in total. The number of rotatable bonds is 3. The van der Waals surface area contributed by atoms with E-state index in [1.54, 1.807) is 18.1 Å². The Morgan fingerprint density at radius 2 is 2.56 bits per heavy atom. The summed E-state index contributed by atoms with van der Waals surface area (Å²) in [5.74, 6) is 0.599. The number of methoxy groups -OCH3 is 1. The second-order valence-electron chi connectivity index (χ2n) is 3.80. The lowest BCUT2D eigenvalue weighted by molar-refractivity contribution is 0.0679. The number of carbonyl (C=O) groups is 1. The number of thiophene rings is 1. The van der Waals surface area contributed by atoms with E-state index < -0.39 is 0 Å². The van der Waals surface area contributed by atoms with Crippen LogP contribution < -0.4 is 4.74 Å². The maximum absolute atomic E-state index is 12.2. The van der Waals surface area contributed by atoms with Crippen molar-refractivity contribution >= 4 is 17.2 Å². The zero-order chi connectivity index (χ0) is 11.5. The average molecular weight is 241 g/mol. The molecule has 1 N–H and O–H groups in total. The summed E-state index contributed by atoms with van der Waals surface area (Å²) >= 11 is 1.38. The molecule has 0 aliphatic carbocycles. The molecule has 1 aliphatic rings. The third-order valence-corrected chi connectivity index (χ3v) is 3.78. The number of nitrogens with zero attached hydrogens (tertiary/aromatic N) is 1. The minimum Gasteiger partial charge on any atom is -0.495 e. The molecule has 2 rings (SSSR count). The molecule has 0 radical (unpaired) electrons. The van der Waals surface area contributed by atoms with Crippen LogP contribution in [0, 0.1) is 0 Å². The first-order valence-electron chi connectivity index (χ1n) is 5.31. The zero-order valence-electron chi connectivity index (χ0n) is 9.18. The van der Waals surface area contributed by atoms with Crippen molar-refractivity contribution in [3.05, 3.63) is 16.3 Å². The number of amides is 1. The number of hydrogen-bond donors (Lipinski definition) is 1. The van der Waals surface area contributed by atoms with Crippen molar-refractivity contribution < 1.29 is 14.6 Å². The summed E-state index contributed by atoms with van der Waals surface area (Å²) in [7, 11) is 1.56. The average Bonchev–Trinajstić information content (AvgIpc) is 2.96. The molecule has 0 aromatic carbocycles. The predicted molar refractivity (Wildman–Crippen MR) is 62.0 cm³/mol. The molecule has 1 saturated heterocycles. The van der Waals surface area contributed by atoms with Crippen LogP contribution in [0.3, 0.4) is 0 Å². The van der Waals surface area contributed by atoms with Crippen LogP contribution in [0.4, 0.5) is 0 Å². The Bertz CT molecular complexity index is 377. The monoisotopic (exact) mass is 241 g/mol. The molecule has 1 amide bonds. The standard InChI is InChI=1S/C11H15NO3S/c1-15-9-4-6-16-10(9)11(14)12-5-2-3-8(12)7-13/h4,6,8,13H,2-3,5,7H2,1H3/t8-/m0/s1. The van der Waals surface area contributed by atoms with Crippen molar-refractivity contribution in [2.45, 2.75) is 18.9 Å². The van der Waals surface area contributed by atoms with E-state index in [1.807, 2.05) is 5.38 Å². The van der Waals surface area contributed by atoms with E-state index in [-0.39, 0.29) is 18.6 Å². The fraction of sp³-hybridized carbons (Fsp3) is 0.545. The number of aliphatic hydroxyl groups is 1. The second kappa shape index (κ2) is 4.84. The summed E-state index contributed by atoms with van der Waals surface area (Å²) in [5, 5.41) is 11.0. The Morgan fingerprint density at radius 1 is 1.75 bits per heavy atom. The molecule has 1 atom stereocenters. The molecule has 0 saturated carbocycles. The lowest BCUT2D eigenvalue weighted by Crippen LogP contribution is -2.37. The minimum atomic E-state index is -0.0284. The van der Waals surface area contributed by atoms with Crippen molar-refractivity contribution in [1.29, 1.82) is 0 Å². The van der Waals surface area contributed by atoms with E-state index in [4.69, 9.17) is 4.74 Å². The largest absolute Gasteiger partial charge is 0.495 e. The van der Waals surface area contributed by atoms with Gasteiger partial charge in [-0.3, -0.25) is 4.79 Å². The molecular formula is C11H15NO3S. The highest BCUT2D eigenvalue weighted by molar-refractivity contribution is 7.12. The molecule has 5 heteroatoms. The Hall–Kier alpha value is -1.07. The smallest absolute Gasteiger partial charge is 0.268 e. The van der Waals surface area contributed by atoms with E-state index in [1.165, 1.54) is 11.3 Å². The molecule has 88 valence electrons. The highest BCUT2D eigenvalue weighted by Gasteiger charge is 2.30. The molecule has 1 aromatic heterocycles. The van der Waals surface area contributed by atoms with Gasteiger partial charge in [0.1, 0.15) is 10.6 Å². The number of ether oxygens (including phenoxy) is 1. The van der Waals surface area contributed by atoms with Crippen molar-refractivity contribution in [2.75, 3.05) is 20.3 Å². The van der Waals surface area contributed by atoms with Crippen LogP contribution in [0.15, 0.2) is 11.4 Å². The van der Waals surface area contributed by atoms with Crippen molar-refractivity contribution in [1.82, 2.24) is 4.90 Å². The summed E-state index contributed by atoms with van der Waals surface area (Å²) in [6, 6.07) is 1.77. The van der Waals surface area contributed by atoms with Crippen LogP contribution >= 0.6 is 11.3 Å². The van der Waals surface area contributed by atoms with E-state index in [0.29, 0.717) is 10.6 Å². The molecule has 16 heavy (non-hydrogen) atoms. The highest BCUT2D eigenvalue weighted by atomic mass is 32.1. The van der Waals surface area contributed by atoms with E-state index in [9.17, 15) is 9.90 Å². The second-order valence-corrected chi connectivity index (χ2v) is 4.71. The lowest BCUT2D eigenvalue weighted by Gasteiger charge is -2.22. The van der Waals surface area contributed by atoms with E-state index in [0.717, 1.165) is 19.4 Å². The Morgan fingerprint density at radius 3 is 3.25 bits per heavy atom. The topological polar surface area (TPSA) is 49.8 Å². The summed E-state index contributed by atoms with van der Waals surface area (Å²) in [6.07, 6.45) is 1.85. The van der Waals surface area contributed by atoms with Gasteiger partial charge in [0, 0.05) is 6.54 Å². The third kappa shape index (κ3) is 1.92. The van der Waals surface area contributed by atoms with Gasteiger partial charge in [-0.05, 0) is 24.3 Å². The van der Waals surface area contributed by atoms with Crippen molar-refractivity contribution in [2.24, 2.45) is 0 Å². The molecule has 0 spiro atoms. The molecule has 2 heterocycles. The summed E-state index contributed by atoms with van der Waals surface area (Å²) in [6.45, 7) is 0.768. The number of likely N-dealkylation sites (tertiary alicyclic amines) is 1. The minimum absolute atomic E-state index is 0.0246. The summed E-state index contributed by atoms with van der Waals surface area (Å²) < 4.78 is 5.14. The van der Waals surface area contributed by atoms with Crippen LogP contribution in [0.1, 0.15) is 22.5 Å². The van der Waals surface area contributed by atoms with Crippen molar-refractivity contribution in [3.63, 3.8) is 0 Å². The first-order valence-corrected chi connectivity index (χ1v) is 6.19. The molecule has 0 unspecified atom stereocenters. The van der Waals surface area contributed by atoms with Gasteiger partial charge in [-0.25, -0.2) is 0 Å². The third-order valence-electron chi connectivity index (χ3n) is 2.89. The molecule has 1 aliphatic heterocycles. The van der Waals surface area contributed by atoms with Gasteiger partial charge in [0.2, 0.25) is 0 Å². The van der Waals surface area contributed by atoms with Gasteiger partial charge in [0.15, 0.2) is 0 Å². The quantitative estimate of drug-likeness (QED) is 0.869. The molecule has 1 aromatic rings. The SMILES string of the molecule is COc1ccsc1C(=O)N1CCC[C@H]1CO. The highest BCUT2D eigenvalue weighted by Crippen LogP contribution is 2.28. The zero-order valence-corrected chi connectivity index (χ0v) is 10.00. The van der Waals surface area contributed by atoms with E-state index in [2.05, 4.69) is 0 Å². The molecular weight excluding hydrogens is 226 g/mol. The molecule has 0 bridgehead atoms. The van der Waals surface area contributed by atoms with Gasteiger partial charge in [-0.2, -0.15) is 0 Å². The molecule has 1 fully saturated rings.